The summed E-state index contributed by atoms with van der Waals surface area (Å²) in [7, 11) is 1.83. The molecule has 2 amide bonds. The third-order valence-electron chi connectivity index (χ3n) is 3.42. The Bertz CT molecular complexity index is 817. The average molecular weight is 342 g/mol. The molecule has 7 heteroatoms. The lowest BCUT2D eigenvalue weighted by Gasteiger charge is -2.18. The third-order valence-corrected chi connectivity index (χ3v) is 3.67. The smallest absolute Gasteiger partial charge is 0.321 e. The van der Waals surface area contributed by atoms with Gasteiger partial charge in [-0.2, -0.15) is 5.10 Å². The van der Waals surface area contributed by atoms with Crippen molar-refractivity contribution in [1.82, 2.24) is 20.1 Å². The van der Waals surface area contributed by atoms with Crippen molar-refractivity contribution in [1.29, 1.82) is 0 Å². The second kappa shape index (κ2) is 7.14. The number of aryl methyl sites for hydroxylation is 1. The number of amides is 2. The predicted molar refractivity (Wildman–Crippen MR) is 92.9 cm³/mol. The molecule has 1 aromatic carbocycles. The van der Waals surface area contributed by atoms with Crippen LogP contribution >= 0.6 is 11.6 Å². The van der Waals surface area contributed by atoms with Crippen LogP contribution in [0.4, 0.5) is 10.6 Å². The van der Waals surface area contributed by atoms with E-state index in [-0.39, 0.29) is 6.03 Å². The zero-order valence-corrected chi connectivity index (χ0v) is 13.7. The molecule has 0 saturated carbocycles. The van der Waals surface area contributed by atoms with Crippen molar-refractivity contribution in [3.05, 3.63) is 77.2 Å². The number of nitrogens with zero attached hydrogens (tertiary/aromatic N) is 3. The summed E-state index contributed by atoms with van der Waals surface area (Å²) in [6, 6.07) is 13.7. The second-order valence-corrected chi connectivity index (χ2v) is 5.65. The van der Waals surface area contributed by atoms with E-state index in [4.69, 9.17) is 11.6 Å². The van der Waals surface area contributed by atoms with Gasteiger partial charge in [0.25, 0.3) is 0 Å². The summed E-state index contributed by atoms with van der Waals surface area (Å²) >= 11 is 5.95. The highest BCUT2D eigenvalue weighted by Gasteiger charge is 2.19. The molecule has 2 heterocycles. The molecule has 3 aromatic rings. The molecular weight excluding hydrogens is 326 g/mol. The Hall–Kier alpha value is -2.86. The molecule has 2 N–H and O–H groups in total. The van der Waals surface area contributed by atoms with Crippen LogP contribution in [0.5, 0.6) is 0 Å². The number of carbonyl (C=O) groups is 1. The van der Waals surface area contributed by atoms with Gasteiger partial charge in [-0.15, -0.1) is 0 Å². The average Bonchev–Trinajstić information content (AvgIpc) is 3.01. The monoisotopic (exact) mass is 341 g/mol. The maximum atomic E-state index is 12.3. The van der Waals surface area contributed by atoms with Crippen LogP contribution in [0.3, 0.4) is 0 Å². The Labute approximate surface area is 144 Å². The van der Waals surface area contributed by atoms with Crippen molar-refractivity contribution in [2.24, 2.45) is 7.05 Å². The number of hydrogen-bond acceptors (Lipinski definition) is 3. The fourth-order valence-corrected chi connectivity index (χ4v) is 2.42. The van der Waals surface area contributed by atoms with E-state index in [0.29, 0.717) is 10.8 Å². The highest BCUT2D eigenvalue weighted by atomic mass is 35.5. The van der Waals surface area contributed by atoms with Crippen LogP contribution in [-0.2, 0) is 7.05 Å². The van der Waals surface area contributed by atoms with Crippen molar-refractivity contribution < 1.29 is 4.79 Å². The zero-order chi connectivity index (χ0) is 16.9. The van der Waals surface area contributed by atoms with Crippen LogP contribution in [0, 0.1) is 0 Å². The number of nitrogens with one attached hydrogen (secondary N) is 2. The molecule has 0 aliphatic rings. The molecule has 0 bridgehead atoms. The summed E-state index contributed by atoms with van der Waals surface area (Å²) in [6.45, 7) is 0. The van der Waals surface area contributed by atoms with Gasteiger partial charge in [-0.25, -0.2) is 9.78 Å². The predicted octanol–water partition coefficient (Wildman–Crippen LogP) is 3.38. The summed E-state index contributed by atoms with van der Waals surface area (Å²) in [5.74, 6) is 0.478. The summed E-state index contributed by atoms with van der Waals surface area (Å²) in [5.41, 5.74) is 1.62. The Morgan fingerprint density at radius 1 is 1.17 bits per heavy atom. The van der Waals surface area contributed by atoms with E-state index in [9.17, 15) is 4.79 Å². The molecular formula is C17H16ClN5O. The number of carbonyl (C=O) groups excluding carboxylic acids is 1. The van der Waals surface area contributed by atoms with Gasteiger partial charge in [-0.3, -0.25) is 10.00 Å². The number of rotatable bonds is 4. The number of aromatic nitrogens is 3. The van der Waals surface area contributed by atoms with Crippen molar-refractivity contribution in [2.45, 2.75) is 6.04 Å². The lowest BCUT2D eigenvalue weighted by atomic mass is 10.0. The molecule has 0 aliphatic heterocycles. The number of anilines is 1. The molecule has 0 saturated heterocycles. The minimum atomic E-state index is -0.396. The largest absolute Gasteiger partial charge is 0.325 e. The van der Waals surface area contributed by atoms with Gasteiger partial charge in [0.1, 0.15) is 11.9 Å². The number of urea groups is 1. The summed E-state index contributed by atoms with van der Waals surface area (Å²) < 4.78 is 1.69. The van der Waals surface area contributed by atoms with Gasteiger partial charge in [-0.1, -0.05) is 29.8 Å². The van der Waals surface area contributed by atoms with Crippen LogP contribution in [0.1, 0.15) is 17.3 Å². The maximum Gasteiger partial charge on any atom is 0.321 e. The van der Waals surface area contributed by atoms with Crippen molar-refractivity contribution in [3.8, 4) is 0 Å². The molecule has 6 nitrogen and oxygen atoms in total. The Morgan fingerprint density at radius 2 is 1.96 bits per heavy atom. The van der Waals surface area contributed by atoms with Crippen LogP contribution in [0.25, 0.3) is 0 Å². The normalized spacial score (nSPS) is 11.8. The quantitative estimate of drug-likeness (QED) is 0.764. The highest BCUT2D eigenvalue weighted by molar-refractivity contribution is 6.30. The standard InChI is InChI=1S/C17H16ClN5O/c1-23-11-9-14(22-23)16(12-5-7-13(18)8-6-12)21-17(24)20-15-4-2-3-10-19-15/h2-11,16H,1H3,(H2,19,20,21,24)/t16-/m0/s1. The lowest BCUT2D eigenvalue weighted by molar-refractivity contribution is 0.250. The van der Waals surface area contributed by atoms with Crippen molar-refractivity contribution in [2.75, 3.05) is 5.32 Å². The molecule has 0 radical (unpaired) electrons. The first-order valence-corrected chi connectivity index (χ1v) is 7.73. The minimum Gasteiger partial charge on any atom is -0.325 e. The fraction of sp³-hybridized carbons (Fsp3) is 0.118. The molecule has 0 aliphatic carbocycles. The van der Waals surface area contributed by atoms with E-state index < -0.39 is 6.04 Å². The Morgan fingerprint density at radius 3 is 2.58 bits per heavy atom. The zero-order valence-electron chi connectivity index (χ0n) is 13.0. The third kappa shape index (κ3) is 3.91. The van der Waals surface area contributed by atoms with E-state index in [1.165, 1.54) is 0 Å². The number of hydrogen-bond donors (Lipinski definition) is 2. The van der Waals surface area contributed by atoms with Gasteiger partial charge in [-0.05, 0) is 35.9 Å². The Balaban J connectivity index is 1.82. The molecule has 0 fully saturated rings. The molecule has 2 aromatic heterocycles. The van der Waals surface area contributed by atoms with E-state index in [1.807, 2.05) is 31.4 Å². The van der Waals surface area contributed by atoms with Gasteiger partial charge >= 0.3 is 6.03 Å². The molecule has 0 spiro atoms. The van der Waals surface area contributed by atoms with Gasteiger partial charge in [0, 0.05) is 24.5 Å². The molecule has 3 rings (SSSR count). The summed E-state index contributed by atoms with van der Waals surface area (Å²) in [4.78, 5) is 16.4. The van der Waals surface area contributed by atoms with Gasteiger partial charge < -0.3 is 5.32 Å². The molecule has 0 unspecified atom stereocenters. The van der Waals surface area contributed by atoms with Crippen molar-refractivity contribution in [3.63, 3.8) is 0 Å². The molecule has 1 atom stereocenters. The van der Waals surface area contributed by atoms with E-state index in [1.54, 1.807) is 41.2 Å². The molecule has 24 heavy (non-hydrogen) atoms. The van der Waals surface area contributed by atoms with Crippen molar-refractivity contribution >= 4 is 23.4 Å². The SMILES string of the molecule is Cn1ccc([C@@H](NC(=O)Nc2ccccn2)c2ccc(Cl)cc2)n1. The Kier molecular flexibility index (Phi) is 4.77. The first-order chi connectivity index (χ1) is 11.6. The maximum absolute atomic E-state index is 12.3. The van der Waals surface area contributed by atoms with Gasteiger partial charge in [0.15, 0.2) is 0 Å². The van der Waals surface area contributed by atoms with Crippen LogP contribution < -0.4 is 10.6 Å². The van der Waals surface area contributed by atoms with E-state index >= 15 is 0 Å². The number of halogens is 1. The van der Waals surface area contributed by atoms with Crippen LogP contribution in [-0.4, -0.2) is 20.8 Å². The number of benzene rings is 1. The minimum absolute atomic E-state index is 0.362. The highest BCUT2D eigenvalue weighted by Crippen LogP contribution is 2.22. The van der Waals surface area contributed by atoms with E-state index in [0.717, 1.165) is 11.3 Å². The number of pyridine rings is 1. The molecule has 122 valence electrons. The van der Waals surface area contributed by atoms with E-state index in [2.05, 4.69) is 20.7 Å². The van der Waals surface area contributed by atoms with Gasteiger partial charge in [0.2, 0.25) is 0 Å². The van der Waals surface area contributed by atoms with Gasteiger partial charge in [0.05, 0.1) is 5.69 Å². The topological polar surface area (TPSA) is 71.8 Å². The first kappa shape index (κ1) is 16.0. The lowest BCUT2D eigenvalue weighted by Crippen LogP contribution is -2.33. The second-order valence-electron chi connectivity index (χ2n) is 5.21. The summed E-state index contributed by atoms with van der Waals surface area (Å²) in [6.07, 6.45) is 3.45. The van der Waals surface area contributed by atoms with Crippen LogP contribution in [0.15, 0.2) is 60.9 Å². The van der Waals surface area contributed by atoms with Crippen LogP contribution in [0.2, 0.25) is 5.02 Å². The fourth-order valence-electron chi connectivity index (χ4n) is 2.29. The summed E-state index contributed by atoms with van der Waals surface area (Å²) in [5, 5.41) is 10.7. The first-order valence-electron chi connectivity index (χ1n) is 7.35.